The molecule has 1 aromatic rings. The summed E-state index contributed by atoms with van der Waals surface area (Å²) in [4.78, 5) is 2.54. The van der Waals surface area contributed by atoms with Crippen LogP contribution in [0.15, 0.2) is 23.3 Å². The van der Waals surface area contributed by atoms with E-state index in [-0.39, 0.29) is 28.5 Å². The van der Waals surface area contributed by atoms with E-state index >= 15 is 0 Å². The summed E-state index contributed by atoms with van der Waals surface area (Å²) in [7, 11) is 4.13. The van der Waals surface area contributed by atoms with Gasteiger partial charge in [-0.2, -0.15) is 13.2 Å². The molecule has 0 aromatic heterocycles. The van der Waals surface area contributed by atoms with E-state index in [1.54, 1.807) is 0 Å². The zero-order valence-electron chi connectivity index (χ0n) is 12.1. The molecule has 0 N–H and O–H groups in total. The molecule has 0 atom stereocenters. The maximum absolute atomic E-state index is 12.3. The van der Waals surface area contributed by atoms with Crippen LogP contribution in [0.5, 0.6) is 17.2 Å². The van der Waals surface area contributed by atoms with E-state index in [0.717, 1.165) is 6.08 Å². The van der Waals surface area contributed by atoms with E-state index in [1.165, 1.54) is 33.5 Å². The van der Waals surface area contributed by atoms with E-state index in [4.69, 9.17) is 19.7 Å². The molecule has 0 amide bonds. The third-order valence-electron chi connectivity index (χ3n) is 2.64. The van der Waals surface area contributed by atoms with Crippen molar-refractivity contribution in [2.75, 3.05) is 21.3 Å². The number of allylic oxidation sites excluding steroid dienone is 1. The first-order valence-electron chi connectivity index (χ1n) is 5.98. The molecule has 0 unspecified atom stereocenters. The van der Waals surface area contributed by atoms with Gasteiger partial charge in [-0.05, 0) is 23.2 Å². The summed E-state index contributed by atoms with van der Waals surface area (Å²) in [5, 5.41) is 3.29. The van der Waals surface area contributed by atoms with Crippen LogP contribution in [0.1, 0.15) is 12.0 Å². The molecule has 0 saturated heterocycles. The fraction of sp³-hybridized carbons (Fsp3) is 0.385. The van der Waals surface area contributed by atoms with Gasteiger partial charge in [0.05, 0.1) is 27.8 Å². The minimum atomic E-state index is -4.41. The third kappa shape index (κ3) is 4.49. The van der Waals surface area contributed by atoms with Crippen molar-refractivity contribution in [2.45, 2.75) is 12.6 Å². The van der Waals surface area contributed by atoms with Gasteiger partial charge < -0.3 is 14.2 Å². The molecule has 0 bridgehead atoms. The van der Waals surface area contributed by atoms with Crippen molar-refractivity contribution in [2.24, 2.45) is 5.11 Å². The number of methoxy groups -OCH3 is 3. The molecular weight excluding hydrogens is 303 g/mol. The average Bonchev–Trinajstić information content (AvgIpc) is 2.48. The molecule has 0 aliphatic rings. The number of azide groups is 1. The highest BCUT2D eigenvalue weighted by molar-refractivity contribution is 5.70. The molecule has 9 heteroatoms. The van der Waals surface area contributed by atoms with E-state index in [9.17, 15) is 13.2 Å². The van der Waals surface area contributed by atoms with Gasteiger partial charge in [-0.1, -0.05) is 11.2 Å². The fourth-order valence-electron chi connectivity index (χ4n) is 1.71. The Morgan fingerprint density at radius 3 is 2.09 bits per heavy atom. The zero-order valence-corrected chi connectivity index (χ0v) is 12.1. The standard InChI is InChI=1S/C13H14F3N3O3/c1-20-10-6-8(7-11(21-2)12(10)22-3)9(18-19-17)4-5-13(14,15)16/h4,6-7H,5H2,1-3H3. The van der Waals surface area contributed by atoms with Gasteiger partial charge in [0.15, 0.2) is 11.5 Å². The Kier molecular flexibility index (Phi) is 5.94. The lowest BCUT2D eigenvalue weighted by atomic mass is 10.1. The van der Waals surface area contributed by atoms with E-state index in [0.29, 0.717) is 0 Å². The summed E-state index contributed by atoms with van der Waals surface area (Å²) in [6, 6.07) is 2.80. The maximum Gasteiger partial charge on any atom is 0.392 e. The number of rotatable bonds is 6. The number of ether oxygens (including phenoxy) is 3. The third-order valence-corrected chi connectivity index (χ3v) is 2.64. The summed E-state index contributed by atoms with van der Waals surface area (Å²) in [5.41, 5.74) is 8.57. The normalized spacial score (nSPS) is 11.6. The molecule has 0 fully saturated rings. The highest BCUT2D eigenvalue weighted by Gasteiger charge is 2.25. The van der Waals surface area contributed by atoms with Gasteiger partial charge in [0.1, 0.15) is 0 Å². The first-order chi connectivity index (χ1) is 10.4. The fourth-order valence-corrected chi connectivity index (χ4v) is 1.71. The van der Waals surface area contributed by atoms with Crippen LogP contribution in [0.2, 0.25) is 0 Å². The quantitative estimate of drug-likeness (QED) is 0.445. The minimum Gasteiger partial charge on any atom is -0.493 e. The first-order valence-corrected chi connectivity index (χ1v) is 5.98. The van der Waals surface area contributed by atoms with Crippen molar-refractivity contribution < 1.29 is 27.4 Å². The Morgan fingerprint density at radius 1 is 1.18 bits per heavy atom. The van der Waals surface area contributed by atoms with E-state index in [1.807, 2.05) is 0 Å². The molecule has 0 saturated carbocycles. The van der Waals surface area contributed by atoms with Crippen LogP contribution in [0.25, 0.3) is 16.1 Å². The van der Waals surface area contributed by atoms with Gasteiger partial charge in [-0.3, -0.25) is 0 Å². The van der Waals surface area contributed by atoms with Crippen LogP contribution in [-0.2, 0) is 0 Å². The molecule has 120 valence electrons. The second-order valence-corrected chi connectivity index (χ2v) is 4.01. The molecule has 0 aliphatic heterocycles. The van der Waals surface area contributed by atoms with Crippen LogP contribution >= 0.6 is 0 Å². The summed E-state index contributed by atoms with van der Waals surface area (Å²) in [6.07, 6.45) is -4.84. The Hall–Kier alpha value is -2.54. The predicted octanol–water partition coefficient (Wildman–Crippen LogP) is 4.32. The Bertz CT molecular complexity index is 583. The van der Waals surface area contributed by atoms with Crippen LogP contribution < -0.4 is 14.2 Å². The smallest absolute Gasteiger partial charge is 0.392 e. The summed E-state index contributed by atoms with van der Waals surface area (Å²) < 4.78 is 52.3. The van der Waals surface area contributed by atoms with E-state index < -0.39 is 12.6 Å². The van der Waals surface area contributed by atoms with Gasteiger partial charge in [0.25, 0.3) is 0 Å². The minimum absolute atomic E-state index is 0.181. The number of halogens is 3. The van der Waals surface area contributed by atoms with Crippen molar-refractivity contribution in [3.63, 3.8) is 0 Å². The molecule has 0 radical (unpaired) electrons. The highest BCUT2D eigenvalue weighted by Crippen LogP contribution is 2.40. The molecule has 0 spiro atoms. The Balaban J connectivity index is 3.40. The van der Waals surface area contributed by atoms with Crippen LogP contribution in [0, 0.1) is 0 Å². The van der Waals surface area contributed by atoms with E-state index in [2.05, 4.69) is 10.0 Å². The van der Waals surface area contributed by atoms with Crippen molar-refractivity contribution in [3.05, 3.63) is 34.2 Å². The van der Waals surface area contributed by atoms with Crippen molar-refractivity contribution in [1.82, 2.24) is 0 Å². The molecule has 1 aromatic carbocycles. The van der Waals surface area contributed by atoms with Crippen LogP contribution in [0.3, 0.4) is 0 Å². The largest absolute Gasteiger partial charge is 0.493 e. The Labute approximate surface area is 124 Å². The SMILES string of the molecule is COc1cc(C(=CCC(F)(F)F)N=[N+]=[N-])cc(OC)c1OC. The van der Waals surface area contributed by atoms with Gasteiger partial charge >= 0.3 is 6.18 Å². The van der Waals surface area contributed by atoms with Crippen molar-refractivity contribution in [1.29, 1.82) is 0 Å². The lowest BCUT2D eigenvalue weighted by Crippen LogP contribution is -2.04. The topological polar surface area (TPSA) is 76.5 Å². The molecule has 22 heavy (non-hydrogen) atoms. The van der Waals surface area contributed by atoms with Crippen molar-refractivity contribution in [3.8, 4) is 17.2 Å². The number of benzene rings is 1. The second kappa shape index (κ2) is 7.46. The van der Waals surface area contributed by atoms with Crippen LogP contribution in [0.4, 0.5) is 13.2 Å². The summed E-state index contributed by atoms with van der Waals surface area (Å²) in [6.45, 7) is 0. The maximum atomic E-state index is 12.3. The lowest BCUT2D eigenvalue weighted by Gasteiger charge is -2.14. The predicted molar refractivity (Wildman–Crippen MR) is 73.9 cm³/mol. The number of hydrogen-bond donors (Lipinski definition) is 0. The molecule has 0 aliphatic carbocycles. The monoisotopic (exact) mass is 317 g/mol. The average molecular weight is 317 g/mol. The molecule has 6 nitrogen and oxygen atoms in total. The summed E-state index contributed by atoms with van der Waals surface area (Å²) in [5.74, 6) is 0.760. The first kappa shape index (κ1) is 17.5. The van der Waals surface area contributed by atoms with Crippen LogP contribution in [-0.4, -0.2) is 27.5 Å². The second-order valence-electron chi connectivity index (χ2n) is 4.01. The number of nitrogens with zero attached hydrogens (tertiary/aromatic N) is 3. The molecule has 0 heterocycles. The Morgan fingerprint density at radius 2 is 1.73 bits per heavy atom. The number of hydrogen-bond acceptors (Lipinski definition) is 4. The zero-order chi connectivity index (χ0) is 16.8. The van der Waals surface area contributed by atoms with Gasteiger partial charge in [-0.15, -0.1) is 0 Å². The lowest BCUT2D eigenvalue weighted by molar-refractivity contribution is -0.124. The van der Waals surface area contributed by atoms with Gasteiger partial charge in [-0.25, -0.2) is 0 Å². The molecular formula is C13H14F3N3O3. The van der Waals surface area contributed by atoms with Crippen molar-refractivity contribution >= 4 is 5.70 Å². The van der Waals surface area contributed by atoms with Gasteiger partial charge in [0, 0.05) is 10.6 Å². The number of alkyl halides is 3. The highest BCUT2D eigenvalue weighted by atomic mass is 19.4. The summed E-state index contributed by atoms with van der Waals surface area (Å²) >= 11 is 0. The molecule has 1 rings (SSSR count). The van der Waals surface area contributed by atoms with Gasteiger partial charge in [0.2, 0.25) is 5.75 Å².